The van der Waals surface area contributed by atoms with Gasteiger partial charge in [0.25, 0.3) is 14.1 Å². The zero-order valence-electron chi connectivity index (χ0n) is 8.62. The fourth-order valence-corrected chi connectivity index (χ4v) is 0. The van der Waals surface area contributed by atoms with Gasteiger partial charge in [-0.05, 0) is 5.79 Å². The maximum absolute atomic E-state index is 10.5. The summed E-state index contributed by atoms with van der Waals surface area (Å²) in [7, 11) is 0. The average Bonchev–Trinajstić information content (AvgIpc) is 1.25. The van der Waals surface area contributed by atoms with Gasteiger partial charge in [0.15, 0.2) is 0 Å². The predicted molar refractivity (Wildman–Crippen MR) is 69.2 cm³/mol. The van der Waals surface area contributed by atoms with Gasteiger partial charge in [-0.25, -0.2) is 0 Å². The van der Waals surface area contributed by atoms with E-state index in [0.29, 0.717) is 0 Å². The monoisotopic (exact) mass is 238 g/mol. The van der Waals surface area contributed by atoms with E-state index in [0.717, 1.165) is 5.79 Å². The largest absolute Gasteiger partial charge is 2.00 e. The number of hydrogen-bond donors (Lipinski definition) is 0. The molecular formula is C8H26Al2F2Mg. The van der Waals surface area contributed by atoms with Gasteiger partial charge in [0.1, 0.15) is 0 Å². The second kappa shape index (κ2) is 37.3. The Hall–Kier alpha value is 1.69. The summed E-state index contributed by atoms with van der Waals surface area (Å²) in [5.41, 5.74) is 0. The van der Waals surface area contributed by atoms with E-state index in [4.69, 9.17) is 0 Å². The minimum absolute atomic E-state index is 0. The Morgan fingerprint density at radius 1 is 0.769 bits per heavy atom. The maximum atomic E-state index is 10.5. The van der Waals surface area contributed by atoms with Gasteiger partial charge in [0.05, 0.1) is 0 Å². The number of rotatable bonds is 0. The van der Waals surface area contributed by atoms with E-state index in [9.17, 15) is 7.05 Å². The summed E-state index contributed by atoms with van der Waals surface area (Å²) in [6, 6.07) is 0. The molecule has 0 aliphatic carbocycles. The molecule has 0 bridgehead atoms. The molecule has 0 saturated carbocycles. The van der Waals surface area contributed by atoms with E-state index in [2.05, 4.69) is 17.4 Å². The van der Waals surface area contributed by atoms with Crippen LogP contribution in [0.5, 0.6) is 0 Å². The molecule has 0 aliphatic heterocycles. The first-order valence-corrected chi connectivity index (χ1v) is 8.24. The summed E-state index contributed by atoms with van der Waals surface area (Å²) in [6.07, 6.45) is 0. The SMILES string of the molecule is C.C.[CH3-].[CH3-].[CH3][Al]([CH3])[CH3].[CH3][Al]([F])[F].[Mg+2]. The molecule has 0 spiro atoms. The Morgan fingerprint density at radius 2 is 0.769 bits per heavy atom. The van der Waals surface area contributed by atoms with E-state index >= 15 is 0 Å². The van der Waals surface area contributed by atoms with Crippen LogP contribution in [0.4, 0.5) is 7.05 Å². The quantitative estimate of drug-likeness (QED) is 0.438. The Kier molecular flexibility index (Phi) is 133. The molecule has 13 heavy (non-hydrogen) atoms. The molecule has 0 aromatic heterocycles. The standard InChI is InChI=1S/2CH4.6CH3.2Al.2FH.Mg/h2*1H4;6*1H3;;;2*1H;/q;;;;;;2*-1;;+2;;;+2/p-2. The van der Waals surface area contributed by atoms with Crippen molar-refractivity contribution < 1.29 is 7.05 Å². The molecule has 0 N–H and O–H groups in total. The van der Waals surface area contributed by atoms with Crippen LogP contribution in [0, 0.1) is 14.9 Å². The van der Waals surface area contributed by atoms with Crippen LogP contribution in [0.3, 0.4) is 0 Å². The van der Waals surface area contributed by atoms with Gasteiger partial charge in [0.2, 0.25) is 0 Å². The van der Waals surface area contributed by atoms with Crippen molar-refractivity contribution in [1.82, 2.24) is 0 Å². The summed E-state index contributed by atoms with van der Waals surface area (Å²) < 4.78 is 20.9. The van der Waals surface area contributed by atoms with Crippen molar-refractivity contribution in [3.63, 3.8) is 0 Å². The number of halogens is 2. The summed E-state index contributed by atoms with van der Waals surface area (Å²) >= 11 is -3.28. The van der Waals surface area contributed by atoms with Gasteiger partial charge < -0.3 is 21.9 Å². The van der Waals surface area contributed by atoms with Crippen molar-refractivity contribution >= 4 is 52.3 Å². The molecule has 0 rings (SSSR count). The molecule has 0 atom stereocenters. The molecule has 0 nitrogen and oxygen atoms in total. The van der Waals surface area contributed by atoms with Crippen LogP contribution in [-0.2, 0) is 0 Å². The van der Waals surface area contributed by atoms with Crippen molar-refractivity contribution in [2.45, 2.75) is 38.0 Å². The summed E-state index contributed by atoms with van der Waals surface area (Å²) in [5.74, 6) is 7.89. The summed E-state index contributed by atoms with van der Waals surface area (Å²) in [6.45, 7) is 0. The van der Waals surface area contributed by atoms with Crippen molar-refractivity contribution in [3.05, 3.63) is 14.9 Å². The first-order chi connectivity index (χ1) is 3.46. The molecule has 0 heterocycles. The molecule has 80 valence electrons. The molecule has 0 aliphatic rings. The zero-order valence-corrected chi connectivity index (χ0v) is 12.3. The third kappa shape index (κ3) is 654. The molecular weight excluding hydrogens is 212 g/mol. The van der Waals surface area contributed by atoms with E-state index in [1.54, 1.807) is 0 Å². The molecule has 0 fully saturated rings. The Bertz CT molecular complexity index is 35.6. The van der Waals surface area contributed by atoms with Gasteiger partial charge in [0, 0.05) is 0 Å². The van der Waals surface area contributed by atoms with E-state index in [-0.39, 0.29) is 66.9 Å². The number of hydrogen-bond acceptors (Lipinski definition) is 0. The Balaban J connectivity index is -0.00000000800. The Morgan fingerprint density at radius 3 is 0.769 bits per heavy atom. The minimum atomic E-state index is -3.14. The van der Waals surface area contributed by atoms with Crippen LogP contribution in [0.25, 0.3) is 0 Å². The summed E-state index contributed by atoms with van der Waals surface area (Å²) in [5, 5.41) is 0. The van der Waals surface area contributed by atoms with Crippen LogP contribution in [0.2, 0.25) is 23.1 Å². The van der Waals surface area contributed by atoms with Gasteiger partial charge in [-0.2, -0.15) is 0 Å². The molecule has 0 aromatic rings. The molecule has 0 radical (unpaired) electrons. The fourth-order valence-electron chi connectivity index (χ4n) is 0. The van der Waals surface area contributed by atoms with Crippen molar-refractivity contribution in [2.24, 2.45) is 0 Å². The fraction of sp³-hybridized carbons (Fsp3) is 0.750. The normalized spacial score (nSPS) is 4.15. The second-order valence-electron chi connectivity index (χ2n) is 2.25. The topological polar surface area (TPSA) is 0 Å². The van der Waals surface area contributed by atoms with E-state index in [1.165, 1.54) is 0 Å². The third-order valence-electron chi connectivity index (χ3n) is 0. The van der Waals surface area contributed by atoms with E-state index in [1.807, 2.05) is 0 Å². The molecule has 0 aromatic carbocycles. The zero-order chi connectivity index (χ0) is 7.15. The van der Waals surface area contributed by atoms with Crippen LogP contribution >= 0.6 is 0 Å². The van der Waals surface area contributed by atoms with Crippen molar-refractivity contribution in [2.75, 3.05) is 0 Å². The average molecular weight is 239 g/mol. The van der Waals surface area contributed by atoms with Gasteiger partial charge in [-0.3, -0.25) is 0 Å². The predicted octanol–water partition coefficient (Wildman–Crippen LogP) is 4.21. The molecule has 5 heteroatoms. The van der Waals surface area contributed by atoms with E-state index < -0.39 is 15.1 Å². The Labute approximate surface area is 111 Å². The van der Waals surface area contributed by atoms with Crippen LogP contribution in [-0.4, -0.2) is 52.3 Å². The van der Waals surface area contributed by atoms with Gasteiger partial charge in [-0.1, -0.05) is 14.9 Å². The van der Waals surface area contributed by atoms with Crippen molar-refractivity contribution in [3.8, 4) is 0 Å². The van der Waals surface area contributed by atoms with Crippen LogP contribution in [0.15, 0.2) is 0 Å². The smallest absolute Gasteiger partial charge is 0.374 e. The van der Waals surface area contributed by atoms with Gasteiger partial charge >= 0.3 is 38.1 Å². The first kappa shape index (κ1) is 46.6. The summed E-state index contributed by atoms with van der Waals surface area (Å²) in [4.78, 5) is 0. The third-order valence-corrected chi connectivity index (χ3v) is 0. The van der Waals surface area contributed by atoms with Crippen LogP contribution in [0.1, 0.15) is 14.9 Å². The minimum Gasteiger partial charge on any atom is -0.374 e. The molecule has 0 amide bonds. The molecule has 0 saturated heterocycles. The first-order valence-electron chi connectivity index (χ1n) is 2.75. The molecule has 0 unspecified atom stereocenters. The van der Waals surface area contributed by atoms with Crippen LogP contribution < -0.4 is 0 Å². The van der Waals surface area contributed by atoms with Crippen molar-refractivity contribution in [1.29, 1.82) is 0 Å². The van der Waals surface area contributed by atoms with Gasteiger partial charge in [-0.15, -0.1) is 17.4 Å². The second-order valence-corrected chi connectivity index (χ2v) is 6.75. The maximum Gasteiger partial charge on any atom is 2.00 e.